The Morgan fingerprint density at radius 2 is 2.10 bits per heavy atom. The third-order valence-corrected chi connectivity index (χ3v) is 2.18. The standard InChI is InChI=1S/C11H15N5O4/c1-4-5-20-11(19)10-7(2)16(15-14-10)6-9(18)13-12-8(3)17/h4H,1,5-6H2,2-3H3,(H,12,17)(H,13,18). The average Bonchev–Trinajstić information content (AvgIpc) is 2.75. The van der Waals surface area contributed by atoms with Gasteiger partial charge in [-0.05, 0) is 6.92 Å². The van der Waals surface area contributed by atoms with E-state index < -0.39 is 17.8 Å². The predicted molar refractivity (Wildman–Crippen MR) is 67.2 cm³/mol. The second-order valence-corrected chi connectivity index (χ2v) is 3.80. The zero-order valence-corrected chi connectivity index (χ0v) is 11.2. The van der Waals surface area contributed by atoms with Crippen molar-refractivity contribution in [3.05, 3.63) is 24.0 Å². The van der Waals surface area contributed by atoms with Gasteiger partial charge in [-0.25, -0.2) is 9.48 Å². The smallest absolute Gasteiger partial charge is 0.361 e. The van der Waals surface area contributed by atoms with Gasteiger partial charge in [0.05, 0.1) is 5.69 Å². The summed E-state index contributed by atoms with van der Waals surface area (Å²) in [7, 11) is 0. The zero-order valence-electron chi connectivity index (χ0n) is 11.2. The molecule has 0 unspecified atom stereocenters. The van der Waals surface area contributed by atoms with Crippen LogP contribution in [0.5, 0.6) is 0 Å². The van der Waals surface area contributed by atoms with Gasteiger partial charge in [0.2, 0.25) is 5.91 Å². The van der Waals surface area contributed by atoms with Crippen molar-refractivity contribution in [2.75, 3.05) is 6.61 Å². The van der Waals surface area contributed by atoms with E-state index in [0.717, 1.165) is 0 Å². The molecule has 2 N–H and O–H groups in total. The SMILES string of the molecule is C=CCOC(=O)c1nnn(CC(=O)NNC(C)=O)c1C. The zero-order chi connectivity index (χ0) is 15.1. The van der Waals surface area contributed by atoms with Gasteiger partial charge in [-0.3, -0.25) is 20.4 Å². The molecule has 1 heterocycles. The fourth-order valence-corrected chi connectivity index (χ4v) is 1.24. The van der Waals surface area contributed by atoms with Crippen molar-refractivity contribution in [1.82, 2.24) is 25.8 Å². The van der Waals surface area contributed by atoms with E-state index in [1.807, 2.05) is 0 Å². The Morgan fingerprint density at radius 1 is 1.40 bits per heavy atom. The molecule has 0 bridgehead atoms. The molecule has 0 spiro atoms. The van der Waals surface area contributed by atoms with Gasteiger partial charge >= 0.3 is 5.97 Å². The topological polar surface area (TPSA) is 115 Å². The highest BCUT2D eigenvalue weighted by Gasteiger charge is 2.18. The Kier molecular flexibility index (Phi) is 5.39. The molecule has 2 amide bonds. The lowest BCUT2D eigenvalue weighted by Gasteiger charge is -2.06. The van der Waals surface area contributed by atoms with Crippen LogP contribution in [0.15, 0.2) is 12.7 Å². The van der Waals surface area contributed by atoms with Crippen molar-refractivity contribution in [3.8, 4) is 0 Å². The molecule has 0 aliphatic heterocycles. The summed E-state index contributed by atoms with van der Waals surface area (Å²) in [5.41, 5.74) is 4.73. The van der Waals surface area contributed by atoms with Gasteiger partial charge in [-0.1, -0.05) is 17.9 Å². The Balaban J connectivity index is 2.67. The van der Waals surface area contributed by atoms with Gasteiger partial charge in [0.25, 0.3) is 5.91 Å². The van der Waals surface area contributed by atoms with E-state index in [9.17, 15) is 14.4 Å². The first-order chi connectivity index (χ1) is 9.45. The highest BCUT2D eigenvalue weighted by molar-refractivity contribution is 5.88. The fourth-order valence-electron chi connectivity index (χ4n) is 1.24. The number of rotatable bonds is 5. The lowest BCUT2D eigenvalue weighted by atomic mass is 10.3. The van der Waals surface area contributed by atoms with Crippen LogP contribution >= 0.6 is 0 Å². The number of hydrogen-bond donors (Lipinski definition) is 2. The molecule has 0 fully saturated rings. The fraction of sp³-hybridized carbons (Fsp3) is 0.364. The van der Waals surface area contributed by atoms with E-state index >= 15 is 0 Å². The Bertz CT molecular complexity index is 537. The number of esters is 1. The average molecular weight is 281 g/mol. The molecule has 1 rings (SSSR count). The Morgan fingerprint density at radius 3 is 2.70 bits per heavy atom. The molecule has 0 saturated carbocycles. The molecule has 0 aromatic carbocycles. The van der Waals surface area contributed by atoms with E-state index in [1.54, 1.807) is 6.92 Å². The van der Waals surface area contributed by atoms with Crippen LogP contribution in [0.3, 0.4) is 0 Å². The molecule has 108 valence electrons. The number of aromatic nitrogens is 3. The van der Waals surface area contributed by atoms with Crippen molar-refractivity contribution in [1.29, 1.82) is 0 Å². The molecule has 0 atom stereocenters. The number of carbonyl (C=O) groups excluding carboxylic acids is 3. The normalized spacial score (nSPS) is 9.70. The highest BCUT2D eigenvalue weighted by atomic mass is 16.5. The monoisotopic (exact) mass is 281 g/mol. The van der Waals surface area contributed by atoms with Gasteiger partial charge in [0, 0.05) is 6.92 Å². The van der Waals surface area contributed by atoms with Gasteiger partial charge in [0.1, 0.15) is 13.2 Å². The number of hydrazine groups is 1. The number of nitrogens with zero attached hydrogens (tertiary/aromatic N) is 3. The molecule has 0 aliphatic rings. The molecular formula is C11H15N5O4. The van der Waals surface area contributed by atoms with Crippen LogP contribution in [-0.4, -0.2) is 39.4 Å². The summed E-state index contributed by atoms with van der Waals surface area (Å²) < 4.78 is 6.05. The summed E-state index contributed by atoms with van der Waals surface area (Å²) in [4.78, 5) is 33.7. The van der Waals surface area contributed by atoms with Crippen LogP contribution in [0.1, 0.15) is 23.1 Å². The largest absolute Gasteiger partial charge is 0.457 e. The third-order valence-electron chi connectivity index (χ3n) is 2.18. The summed E-state index contributed by atoms with van der Waals surface area (Å²) in [5.74, 6) is -1.54. The summed E-state index contributed by atoms with van der Waals surface area (Å²) in [6.45, 7) is 6.14. The van der Waals surface area contributed by atoms with Crippen LogP contribution in [0.25, 0.3) is 0 Å². The molecule has 1 aromatic rings. The molecule has 9 heteroatoms. The minimum atomic E-state index is -0.643. The quantitative estimate of drug-likeness (QED) is 0.410. The summed E-state index contributed by atoms with van der Waals surface area (Å²) in [6, 6.07) is 0. The lowest BCUT2D eigenvalue weighted by Crippen LogP contribution is -2.42. The molecule has 20 heavy (non-hydrogen) atoms. The maximum atomic E-state index is 11.6. The highest BCUT2D eigenvalue weighted by Crippen LogP contribution is 2.05. The first-order valence-corrected chi connectivity index (χ1v) is 5.69. The van der Waals surface area contributed by atoms with E-state index in [1.165, 1.54) is 17.7 Å². The van der Waals surface area contributed by atoms with E-state index in [-0.39, 0.29) is 18.8 Å². The predicted octanol–water partition coefficient (Wildman–Crippen LogP) is -0.903. The third kappa shape index (κ3) is 4.19. The van der Waals surface area contributed by atoms with Crippen molar-refractivity contribution in [2.24, 2.45) is 0 Å². The molecule has 0 saturated heterocycles. The van der Waals surface area contributed by atoms with Crippen molar-refractivity contribution in [3.63, 3.8) is 0 Å². The summed E-state index contributed by atoms with van der Waals surface area (Å²) in [5, 5.41) is 7.33. The molecule has 1 aromatic heterocycles. The molecular weight excluding hydrogens is 266 g/mol. The number of amides is 2. The maximum absolute atomic E-state index is 11.6. The molecule has 9 nitrogen and oxygen atoms in total. The van der Waals surface area contributed by atoms with Crippen LogP contribution < -0.4 is 10.9 Å². The van der Waals surface area contributed by atoms with E-state index in [4.69, 9.17) is 4.74 Å². The number of nitrogens with one attached hydrogen (secondary N) is 2. The van der Waals surface area contributed by atoms with Gasteiger partial charge in [-0.2, -0.15) is 0 Å². The van der Waals surface area contributed by atoms with Crippen LogP contribution in [0.4, 0.5) is 0 Å². The number of hydrogen-bond acceptors (Lipinski definition) is 6. The maximum Gasteiger partial charge on any atom is 0.361 e. The van der Waals surface area contributed by atoms with E-state index in [0.29, 0.717) is 5.69 Å². The minimum absolute atomic E-state index is 0.0270. The summed E-state index contributed by atoms with van der Waals surface area (Å²) >= 11 is 0. The van der Waals surface area contributed by atoms with E-state index in [2.05, 4.69) is 27.7 Å². The van der Waals surface area contributed by atoms with Crippen LogP contribution in [0, 0.1) is 6.92 Å². The van der Waals surface area contributed by atoms with Crippen LogP contribution in [0.2, 0.25) is 0 Å². The van der Waals surface area contributed by atoms with Gasteiger partial charge < -0.3 is 4.74 Å². The molecule has 0 radical (unpaired) electrons. The minimum Gasteiger partial charge on any atom is -0.457 e. The number of ether oxygens (including phenoxy) is 1. The van der Waals surface area contributed by atoms with Crippen molar-refractivity contribution in [2.45, 2.75) is 20.4 Å². The second kappa shape index (κ2) is 7.02. The Labute approximate surface area is 114 Å². The van der Waals surface area contributed by atoms with Crippen LogP contribution in [-0.2, 0) is 20.9 Å². The molecule has 0 aliphatic carbocycles. The van der Waals surface area contributed by atoms with Gasteiger partial charge in [-0.15, -0.1) is 5.10 Å². The first kappa shape index (κ1) is 15.3. The number of carbonyl (C=O) groups is 3. The second-order valence-electron chi connectivity index (χ2n) is 3.80. The lowest BCUT2D eigenvalue weighted by molar-refractivity contribution is -0.128. The van der Waals surface area contributed by atoms with Crippen molar-refractivity contribution >= 4 is 17.8 Å². The van der Waals surface area contributed by atoms with Crippen molar-refractivity contribution < 1.29 is 19.1 Å². The van der Waals surface area contributed by atoms with Gasteiger partial charge in [0.15, 0.2) is 5.69 Å². The first-order valence-electron chi connectivity index (χ1n) is 5.69. The Hall–Kier alpha value is -2.71. The summed E-state index contributed by atoms with van der Waals surface area (Å²) in [6.07, 6.45) is 1.43.